The van der Waals surface area contributed by atoms with Crippen molar-refractivity contribution >= 4 is 0 Å². The fourth-order valence-electron chi connectivity index (χ4n) is 0.928. The molecule has 74 valence electrons. The van der Waals surface area contributed by atoms with Crippen LogP contribution in [0, 0.1) is 0 Å². The number of aliphatic hydroxyl groups excluding tert-OH is 1. The maximum atomic E-state index is 8.53. The highest BCUT2D eigenvalue weighted by Gasteiger charge is 1.87. The molecule has 0 fully saturated rings. The molecule has 0 radical (unpaired) electrons. The SMILES string of the molecule is CCC.OCCCc1ccccc1. The van der Waals surface area contributed by atoms with Gasteiger partial charge in [-0.15, -0.1) is 0 Å². The van der Waals surface area contributed by atoms with Crippen molar-refractivity contribution in [2.24, 2.45) is 0 Å². The highest BCUT2D eigenvalue weighted by molar-refractivity contribution is 5.14. The summed E-state index contributed by atoms with van der Waals surface area (Å²) in [5, 5.41) is 8.53. The summed E-state index contributed by atoms with van der Waals surface area (Å²) in [5.41, 5.74) is 1.30. The molecule has 0 spiro atoms. The molecular weight excluding hydrogens is 160 g/mol. The fourth-order valence-corrected chi connectivity index (χ4v) is 0.928. The van der Waals surface area contributed by atoms with Crippen LogP contribution >= 0.6 is 0 Å². The predicted molar refractivity (Wildman–Crippen MR) is 57.8 cm³/mol. The predicted octanol–water partition coefficient (Wildman–Crippen LogP) is 3.03. The van der Waals surface area contributed by atoms with Crippen LogP contribution in [0.1, 0.15) is 32.3 Å². The second kappa shape index (κ2) is 9.27. The van der Waals surface area contributed by atoms with Gasteiger partial charge in [-0.25, -0.2) is 0 Å². The van der Waals surface area contributed by atoms with Gasteiger partial charge in [0, 0.05) is 6.61 Å². The van der Waals surface area contributed by atoms with Crippen molar-refractivity contribution in [3.8, 4) is 0 Å². The Morgan fingerprint density at radius 3 is 2.08 bits per heavy atom. The molecule has 1 nitrogen and oxygen atoms in total. The van der Waals surface area contributed by atoms with Crippen LogP contribution in [0.15, 0.2) is 30.3 Å². The van der Waals surface area contributed by atoms with E-state index in [9.17, 15) is 0 Å². The van der Waals surface area contributed by atoms with Crippen LogP contribution in [-0.2, 0) is 6.42 Å². The van der Waals surface area contributed by atoms with Crippen LogP contribution in [0.25, 0.3) is 0 Å². The van der Waals surface area contributed by atoms with Crippen LogP contribution in [-0.4, -0.2) is 11.7 Å². The smallest absolute Gasteiger partial charge is 0.0434 e. The van der Waals surface area contributed by atoms with E-state index >= 15 is 0 Å². The van der Waals surface area contributed by atoms with Gasteiger partial charge in [-0.2, -0.15) is 0 Å². The molecule has 0 aliphatic heterocycles. The molecule has 1 aromatic carbocycles. The quantitative estimate of drug-likeness (QED) is 0.758. The fraction of sp³-hybridized carbons (Fsp3) is 0.500. The lowest BCUT2D eigenvalue weighted by Gasteiger charge is -1.96. The number of aryl methyl sites for hydroxylation is 1. The minimum atomic E-state index is 0.287. The van der Waals surface area contributed by atoms with Gasteiger partial charge < -0.3 is 5.11 Å². The summed E-state index contributed by atoms with van der Waals surface area (Å²) in [6, 6.07) is 10.2. The molecule has 0 saturated carbocycles. The molecule has 1 N–H and O–H groups in total. The lowest BCUT2D eigenvalue weighted by Crippen LogP contribution is -1.87. The topological polar surface area (TPSA) is 20.2 Å². The second-order valence-corrected chi connectivity index (χ2v) is 3.02. The molecule has 13 heavy (non-hydrogen) atoms. The maximum Gasteiger partial charge on any atom is 0.0434 e. The third kappa shape index (κ3) is 7.54. The summed E-state index contributed by atoms with van der Waals surface area (Å²) < 4.78 is 0. The van der Waals surface area contributed by atoms with Crippen molar-refractivity contribution in [3.05, 3.63) is 35.9 Å². The molecule has 0 aliphatic carbocycles. The summed E-state index contributed by atoms with van der Waals surface area (Å²) in [4.78, 5) is 0. The van der Waals surface area contributed by atoms with Crippen molar-refractivity contribution in [3.63, 3.8) is 0 Å². The van der Waals surface area contributed by atoms with Crippen LogP contribution < -0.4 is 0 Å². The Kier molecular flexibility index (Phi) is 8.68. The van der Waals surface area contributed by atoms with Gasteiger partial charge in [-0.1, -0.05) is 50.6 Å². The van der Waals surface area contributed by atoms with E-state index in [0.29, 0.717) is 0 Å². The third-order valence-electron chi connectivity index (χ3n) is 1.47. The minimum absolute atomic E-state index is 0.287. The average molecular weight is 180 g/mol. The largest absolute Gasteiger partial charge is 0.396 e. The normalized spacial score (nSPS) is 8.85. The van der Waals surface area contributed by atoms with Crippen LogP contribution in [0.3, 0.4) is 0 Å². The van der Waals surface area contributed by atoms with Gasteiger partial charge in [-0.3, -0.25) is 0 Å². The molecule has 0 atom stereocenters. The lowest BCUT2D eigenvalue weighted by atomic mass is 10.1. The number of benzene rings is 1. The molecule has 0 heterocycles. The number of hydrogen-bond donors (Lipinski definition) is 1. The molecule has 1 heteroatoms. The van der Waals surface area contributed by atoms with E-state index in [1.54, 1.807) is 0 Å². The molecule has 0 aliphatic rings. The van der Waals surface area contributed by atoms with Crippen LogP contribution in [0.5, 0.6) is 0 Å². The molecule has 1 rings (SSSR count). The zero-order chi connectivity index (χ0) is 9.94. The molecule has 0 aromatic heterocycles. The number of rotatable bonds is 3. The third-order valence-corrected chi connectivity index (χ3v) is 1.47. The summed E-state index contributed by atoms with van der Waals surface area (Å²) in [6.07, 6.45) is 3.10. The Morgan fingerprint density at radius 2 is 1.62 bits per heavy atom. The van der Waals surface area contributed by atoms with Gasteiger partial charge in [0.25, 0.3) is 0 Å². The first kappa shape index (κ1) is 12.2. The summed E-state index contributed by atoms with van der Waals surface area (Å²) in [7, 11) is 0. The van der Waals surface area contributed by atoms with Gasteiger partial charge in [0.1, 0.15) is 0 Å². The van der Waals surface area contributed by atoms with E-state index in [1.807, 2.05) is 18.2 Å². The molecule has 0 amide bonds. The summed E-state index contributed by atoms with van der Waals surface area (Å²) in [5.74, 6) is 0. The van der Waals surface area contributed by atoms with Crippen LogP contribution in [0.2, 0.25) is 0 Å². The van der Waals surface area contributed by atoms with Gasteiger partial charge in [0.2, 0.25) is 0 Å². The number of hydrogen-bond acceptors (Lipinski definition) is 1. The zero-order valence-corrected chi connectivity index (χ0v) is 8.66. The standard InChI is InChI=1S/C9H12O.C3H8/c10-8-4-7-9-5-2-1-3-6-9;1-3-2/h1-3,5-6,10H,4,7-8H2;3H2,1-2H3. The molecule has 0 bridgehead atoms. The van der Waals surface area contributed by atoms with Crippen molar-refractivity contribution in [1.82, 2.24) is 0 Å². The van der Waals surface area contributed by atoms with Gasteiger partial charge in [0.15, 0.2) is 0 Å². The first-order valence-corrected chi connectivity index (χ1v) is 4.99. The lowest BCUT2D eigenvalue weighted by molar-refractivity contribution is 0.288. The van der Waals surface area contributed by atoms with E-state index in [0.717, 1.165) is 12.8 Å². The van der Waals surface area contributed by atoms with Gasteiger partial charge in [-0.05, 0) is 18.4 Å². The van der Waals surface area contributed by atoms with E-state index in [2.05, 4.69) is 26.0 Å². The van der Waals surface area contributed by atoms with E-state index in [-0.39, 0.29) is 6.61 Å². The summed E-state index contributed by atoms with van der Waals surface area (Å²) in [6.45, 7) is 4.54. The van der Waals surface area contributed by atoms with Gasteiger partial charge in [0.05, 0.1) is 0 Å². The van der Waals surface area contributed by atoms with E-state index < -0.39 is 0 Å². The van der Waals surface area contributed by atoms with Gasteiger partial charge >= 0.3 is 0 Å². The molecular formula is C12H20O. The molecule has 1 aromatic rings. The van der Waals surface area contributed by atoms with E-state index in [1.165, 1.54) is 12.0 Å². The van der Waals surface area contributed by atoms with E-state index in [4.69, 9.17) is 5.11 Å². The Hall–Kier alpha value is -0.820. The van der Waals surface area contributed by atoms with Crippen molar-refractivity contribution < 1.29 is 5.11 Å². The monoisotopic (exact) mass is 180 g/mol. The highest BCUT2D eigenvalue weighted by atomic mass is 16.2. The molecule has 0 unspecified atom stereocenters. The Balaban J connectivity index is 0.000000424. The highest BCUT2D eigenvalue weighted by Crippen LogP contribution is 2.00. The zero-order valence-electron chi connectivity index (χ0n) is 8.66. The second-order valence-electron chi connectivity index (χ2n) is 3.02. The minimum Gasteiger partial charge on any atom is -0.396 e. The Morgan fingerprint density at radius 1 is 1.08 bits per heavy atom. The first-order valence-electron chi connectivity index (χ1n) is 4.99. The average Bonchev–Trinajstić information content (AvgIpc) is 2.18. The molecule has 0 saturated heterocycles. The van der Waals surface area contributed by atoms with Crippen molar-refractivity contribution in [1.29, 1.82) is 0 Å². The van der Waals surface area contributed by atoms with Crippen LogP contribution in [0.4, 0.5) is 0 Å². The van der Waals surface area contributed by atoms with Crippen molar-refractivity contribution in [2.45, 2.75) is 33.1 Å². The Bertz CT molecular complexity index is 182. The summed E-state index contributed by atoms with van der Waals surface area (Å²) >= 11 is 0. The van der Waals surface area contributed by atoms with Crippen molar-refractivity contribution in [2.75, 3.05) is 6.61 Å². The number of aliphatic hydroxyl groups is 1. The first-order chi connectivity index (χ1) is 6.35. The Labute approximate surface area is 81.4 Å². The maximum absolute atomic E-state index is 8.53.